The topological polar surface area (TPSA) is 12.0 Å². The number of hydrogen-bond acceptors (Lipinski definition) is 1. The fraction of sp³-hybridized carbons (Fsp3) is 0.368. The summed E-state index contributed by atoms with van der Waals surface area (Å²) in [4.78, 5) is 0. The van der Waals surface area contributed by atoms with E-state index >= 15 is 0 Å². The first-order valence-electron chi connectivity index (χ1n) is 7.66. The van der Waals surface area contributed by atoms with Crippen molar-refractivity contribution < 1.29 is 4.39 Å². The van der Waals surface area contributed by atoms with Crippen LogP contribution in [-0.4, -0.2) is 6.54 Å². The molecule has 0 amide bonds. The van der Waals surface area contributed by atoms with Crippen LogP contribution in [-0.2, 0) is 0 Å². The molecule has 21 heavy (non-hydrogen) atoms. The van der Waals surface area contributed by atoms with Crippen molar-refractivity contribution in [2.24, 2.45) is 5.92 Å². The SMILES string of the molecule is CCC(C)CNC(c1ccccc1)c1ccc(F)c(C)c1. The lowest BCUT2D eigenvalue weighted by atomic mass is 9.96. The molecule has 0 saturated carbocycles. The Morgan fingerprint density at radius 2 is 1.76 bits per heavy atom. The maximum Gasteiger partial charge on any atom is 0.126 e. The molecule has 0 saturated heterocycles. The summed E-state index contributed by atoms with van der Waals surface area (Å²) in [6, 6.07) is 15.8. The van der Waals surface area contributed by atoms with Crippen molar-refractivity contribution in [1.29, 1.82) is 0 Å². The van der Waals surface area contributed by atoms with E-state index in [1.54, 1.807) is 6.07 Å². The number of benzene rings is 2. The Bertz CT molecular complexity index is 565. The summed E-state index contributed by atoms with van der Waals surface area (Å²) in [7, 11) is 0. The minimum absolute atomic E-state index is 0.111. The fourth-order valence-electron chi connectivity index (χ4n) is 2.38. The average molecular weight is 285 g/mol. The van der Waals surface area contributed by atoms with Crippen LogP contribution < -0.4 is 5.32 Å². The first-order valence-corrected chi connectivity index (χ1v) is 7.66. The molecule has 112 valence electrons. The summed E-state index contributed by atoms with van der Waals surface area (Å²) in [5.74, 6) is 0.477. The Kier molecular flexibility index (Phi) is 5.51. The van der Waals surface area contributed by atoms with Crippen LogP contribution in [0.25, 0.3) is 0 Å². The predicted molar refractivity (Wildman–Crippen MR) is 86.9 cm³/mol. The summed E-state index contributed by atoms with van der Waals surface area (Å²) in [6.07, 6.45) is 1.15. The van der Waals surface area contributed by atoms with E-state index in [4.69, 9.17) is 0 Å². The monoisotopic (exact) mass is 285 g/mol. The third-order valence-electron chi connectivity index (χ3n) is 4.02. The van der Waals surface area contributed by atoms with Gasteiger partial charge in [0.1, 0.15) is 5.82 Å². The van der Waals surface area contributed by atoms with E-state index in [1.807, 2.05) is 37.3 Å². The summed E-state index contributed by atoms with van der Waals surface area (Å²) >= 11 is 0. The van der Waals surface area contributed by atoms with E-state index in [-0.39, 0.29) is 11.9 Å². The molecule has 0 aliphatic rings. The largest absolute Gasteiger partial charge is 0.306 e. The van der Waals surface area contributed by atoms with E-state index in [1.165, 1.54) is 5.56 Å². The summed E-state index contributed by atoms with van der Waals surface area (Å²) in [5, 5.41) is 3.63. The maximum absolute atomic E-state index is 13.5. The van der Waals surface area contributed by atoms with Gasteiger partial charge in [0.05, 0.1) is 6.04 Å². The first kappa shape index (κ1) is 15.7. The van der Waals surface area contributed by atoms with E-state index < -0.39 is 0 Å². The van der Waals surface area contributed by atoms with Gasteiger partial charge in [0.25, 0.3) is 0 Å². The van der Waals surface area contributed by atoms with Gasteiger partial charge in [0.2, 0.25) is 0 Å². The molecule has 0 aliphatic heterocycles. The molecular formula is C19H24FN. The van der Waals surface area contributed by atoms with E-state index in [0.717, 1.165) is 18.5 Å². The predicted octanol–water partition coefficient (Wildman–Crippen LogP) is 4.86. The Labute approximate surface area is 127 Å². The first-order chi connectivity index (χ1) is 10.1. The van der Waals surface area contributed by atoms with Crippen molar-refractivity contribution in [3.63, 3.8) is 0 Å². The molecule has 0 aliphatic carbocycles. The van der Waals surface area contributed by atoms with Crippen molar-refractivity contribution in [3.8, 4) is 0 Å². The minimum atomic E-state index is -0.146. The highest BCUT2D eigenvalue weighted by atomic mass is 19.1. The van der Waals surface area contributed by atoms with Crippen molar-refractivity contribution in [2.45, 2.75) is 33.2 Å². The molecular weight excluding hydrogens is 261 g/mol. The molecule has 1 nitrogen and oxygen atoms in total. The Hall–Kier alpha value is -1.67. The van der Waals surface area contributed by atoms with Gasteiger partial charge in [-0.25, -0.2) is 4.39 Å². The Morgan fingerprint density at radius 3 is 2.38 bits per heavy atom. The van der Waals surface area contributed by atoms with Gasteiger partial charge in [0, 0.05) is 0 Å². The molecule has 2 unspecified atom stereocenters. The molecule has 0 bridgehead atoms. The average Bonchev–Trinajstić information content (AvgIpc) is 2.51. The molecule has 0 spiro atoms. The second-order valence-electron chi connectivity index (χ2n) is 5.77. The lowest BCUT2D eigenvalue weighted by Crippen LogP contribution is -2.27. The van der Waals surface area contributed by atoms with Gasteiger partial charge in [-0.2, -0.15) is 0 Å². The lowest BCUT2D eigenvalue weighted by molar-refractivity contribution is 0.472. The fourth-order valence-corrected chi connectivity index (χ4v) is 2.38. The van der Waals surface area contributed by atoms with Crippen LogP contribution in [0.15, 0.2) is 48.5 Å². The van der Waals surface area contributed by atoms with Crippen LogP contribution in [0.3, 0.4) is 0 Å². The highest BCUT2D eigenvalue weighted by Gasteiger charge is 2.15. The van der Waals surface area contributed by atoms with E-state index in [9.17, 15) is 4.39 Å². The zero-order valence-electron chi connectivity index (χ0n) is 13.1. The number of nitrogens with one attached hydrogen (secondary N) is 1. The second-order valence-corrected chi connectivity index (χ2v) is 5.77. The highest BCUT2D eigenvalue weighted by molar-refractivity contribution is 5.34. The van der Waals surface area contributed by atoms with Crippen molar-refractivity contribution in [1.82, 2.24) is 5.32 Å². The molecule has 0 aromatic heterocycles. The second kappa shape index (κ2) is 7.37. The van der Waals surface area contributed by atoms with Crippen molar-refractivity contribution in [2.75, 3.05) is 6.54 Å². The molecule has 2 aromatic rings. The molecule has 0 fully saturated rings. The maximum atomic E-state index is 13.5. The third kappa shape index (κ3) is 4.15. The Morgan fingerprint density at radius 1 is 1.05 bits per heavy atom. The van der Waals surface area contributed by atoms with Crippen LogP contribution >= 0.6 is 0 Å². The van der Waals surface area contributed by atoms with Gasteiger partial charge in [-0.3, -0.25) is 0 Å². The number of hydrogen-bond donors (Lipinski definition) is 1. The zero-order chi connectivity index (χ0) is 15.2. The molecule has 0 heterocycles. The van der Waals surface area contributed by atoms with Gasteiger partial charge in [0.15, 0.2) is 0 Å². The molecule has 2 rings (SSSR count). The normalized spacial score (nSPS) is 13.9. The number of halogens is 1. The molecule has 2 atom stereocenters. The van der Waals surface area contributed by atoms with Crippen LogP contribution in [0.5, 0.6) is 0 Å². The summed E-state index contributed by atoms with van der Waals surface area (Å²) in [5.41, 5.74) is 3.02. The van der Waals surface area contributed by atoms with Crippen molar-refractivity contribution in [3.05, 3.63) is 71.0 Å². The summed E-state index contributed by atoms with van der Waals surface area (Å²) in [6.45, 7) is 7.21. The van der Waals surface area contributed by atoms with E-state index in [0.29, 0.717) is 11.5 Å². The van der Waals surface area contributed by atoms with Gasteiger partial charge >= 0.3 is 0 Å². The van der Waals surface area contributed by atoms with Gasteiger partial charge < -0.3 is 5.32 Å². The third-order valence-corrected chi connectivity index (χ3v) is 4.02. The lowest BCUT2D eigenvalue weighted by Gasteiger charge is -2.22. The smallest absolute Gasteiger partial charge is 0.126 e. The molecule has 0 radical (unpaired) electrons. The van der Waals surface area contributed by atoms with Gasteiger partial charge in [-0.05, 0) is 42.1 Å². The molecule has 2 aromatic carbocycles. The minimum Gasteiger partial charge on any atom is -0.306 e. The number of rotatable bonds is 6. The van der Waals surface area contributed by atoms with Crippen LogP contribution in [0.4, 0.5) is 4.39 Å². The van der Waals surface area contributed by atoms with Crippen LogP contribution in [0.1, 0.15) is 43.0 Å². The zero-order valence-corrected chi connectivity index (χ0v) is 13.1. The van der Waals surface area contributed by atoms with Crippen molar-refractivity contribution >= 4 is 0 Å². The van der Waals surface area contributed by atoms with Crippen LogP contribution in [0.2, 0.25) is 0 Å². The van der Waals surface area contributed by atoms with Gasteiger partial charge in [-0.1, -0.05) is 62.7 Å². The molecule has 1 N–H and O–H groups in total. The Balaban J connectivity index is 2.28. The standard InChI is InChI=1S/C19H24FN/c1-4-14(2)13-21-19(16-8-6-5-7-9-16)17-10-11-18(20)15(3)12-17/h5-12,14,19,21H,4,13H2,1-3H3. The van der Waals surface area contributed by atoms with E-state index in [2.05, 4.69) is 31.3 Å². The highest BCUT2D eigenvalue weighted by Crippen LogP contribution is 2.24. The number of aryl methyl sites for hydroxylation is 1. The summed E-state index contributed by atoms with van der Waals surface area (Å²) < 4.78 is 13.5. The molecule has 2 heteroatoms. The quantitative estimate of drug-likeness (QED) is 0.799. The van der Waals surface area contributed by atoms with Crippen LogP contribution in [0, 0.1) is 18.7 Å². The van der Waals surface area contributed by atoms with Gasteiger partial charge in [-0.15, -0.1) is 0 Å².